The first-order chi connectivity index (χ1) is 11.7. The number of rotatable bonds is 7. The van der Waals surface area contributed by atoms with Crippen molar-refractivity contribution in [2.24, 2.45) is 0 Å². The highest BCUT2D eigenvalue weighted by molar-refractivity contribution is 5.64. The fourth-order valence-electron chi connectivity index (χ4n) is 2.63. The van der Waals surface area contributed by atoms with Gasteiger partial charge in [-0.05, 0) is 13.8 Å². The van der Waals surface area contributed by atoms with Gasteiger partial charge < -0.3 is 14.0 Å². The van der Waals surface area contributed by atoms with Gasteiger partial charge in [0, 0.05) is 37.1 Å². The normalized spacial score (nSPS) is 11.5. The van der Waals surface area contributed by atoms with Gasteiger partial charge >= 0.3 is 0 Å². The summed E-state index contributed by atoms with van der Waals surface area (Å²) in [6.45, 7) is 5.48. The van der Waals surface area contributed by atoms with Crippen molar-refractivity contribution in [3.8, 4) is 11.3 Å². The van der Waals surface area contributed by atoms with Crippen molar-refractivity contribution in [2.75, 3.05) is 13.2 Å². The van der Waals surface area contributed by atoms with Crippen molar-refractivity contribution in [3.63, 3.8) is 0 Å². The first-order valence-corrected chi connectivity index (χ1v) is 8.10. The third-order valence-corrected chi connectivity index (χ3v) is 3.71. The zero-order valence-electron chi connectivity index (χ0n) is 13.9. The molecule has 24 heavy (non-hydrogen) atoms. The molecule has 3 aromatic rings. The lowest BCUT2D eigenvalue weighted by atomic mass is 10.2. The second-order valence-electron chi connectivity index (χ2n) is 5.31. The van der Waals surface area contributed by atoms with Gasteiger partial charge in [-0.2, -0.15) is 9.61 Å². The highest BCUT2D eigenvalue weighted by Gasteiger charge is 2.13. The summed E-state index contributed by atoms with van der Waals surface area (Å²) in [7, 11) is 0. The second kappa shape index (κ2) is 7.42. The predicted octanol–water partition coefficient (Wildman–Crippen LogP) is 2.56. The molecule has 0 N–H and O–H groups in total. The number of benzene rings is 1. The van der Waals surface area contributed by atoms with Crippen molar-refractivity contribution < 1.29 is 9.47 Å². The van der Waals surface area contributed by atoms with Gasteiger partial charge in [-0.3, -0.25) is 4.79 Å². The molecule has 3 rings (SSSR count). The lowest BCUT2D eigenvalue weighted by molar-refractivity contribution is -0.143. The van der Waals surface area contributed by atoms with Gasteiger partial charge in [0.1, 0.15) is 5.65 Å². The Kier molecular flexibility index (Phi) is 5.08. The van der Waals surface area contributed by atoms with Crippen LogP contribution in [0.3, 0.4) is 0 Å². The van der Waals surface area contributed by atoms with Crippen molar-refractivity contribution in [1.29, 1.82) is 0 Å². The topological polar surface area (TPSA) is 57.8 Å². The van der Waals surface area contributed by atoms with Crippen molar-refractivity contribution >= 4 is 5.65 Å². The van der Waals surface area contributed by atoms with Crippen LogP contribution in [0.25, 0.3) is 16.9 Å². The molecule has 0 radical (unpaired) electrons. The Hall–Kier alpha value is -2.44. The summed E-state index contributed by atoms with van der Waals surface area (Å²) in [5.41, 5.74) is 2.29. The van der Waals surface area contributed by atoms with Crippen molar-refractivity contribution in [3.05, 3.63) is 59.0 Å². The summed E-state index contributed by atoms with van der Waals surface area (Å²) >= 11 is 0. The first-order valence-electron chi connectivity index (χ1n) is 8.10. The van der Waals surface area contributed by atoms with Gasteiger partial charge in [-0.1, -0.05) is 30.3 Å². The van der Waals surface area contributed by atoms with Crippen molar-refractivity contribution in [1.82, 2.24) is 14.2 Å². The third kappa shape index (κ3) is 3.39. The molecular formula is C18H21N3O3. The number of hydrogen-bond donors (Lipinski definition) is 0. The molecule has 2 heterocycles. The van der Waals surface area contributed by atoms with Crippen LogP contribution in [-0.2, 0) is 16.0 Å². The summed E-state index contributed by atoms with van der Waals surface area (Å²) < 4.78 is 14.6. The largest absolute Gasteiger partial charge is 0.351 e. The van der Waals surface area contributed by atoms with Crippen LogP contribution in [0.1, 0.15) is 13.8 Å². The fraction of sp³-hybridized carbons (Fsp3) is 0.333. The van der Waals surface area contributed by atoms with E-state index in [0.717, 1.165) is 11.3 Å². The first kappa shape index (κ1) is 16.4. The van der Waals surface area contributed by atoms with E-state index >= 15 is 0 Å². The van der Waals surface area contributed by atoms with Crippen LogP contribution >= 0.6 is 0 Å². The van der Waals surface area contributed by atoms with E-state index in [1.807, 2.05) is 54.8 Å². The van der Waals surface area contributed by atoms with Crippen LogP contribution in [0.2, 0.25) is 0 Å². The number of ether oxygens (including phenoxy) is 2. The molecule has 0 amide bonds. The van der Waals surface area contributed by atoms with Crippen molar-refractivity contribution in [2.45, 2.75) is 26.7 Å². The maximum absolute atomic E-state index is 12.1. The minimum atomic E-state index is -0.360. The maximum Gasteiger partial charge on any atom is 0.274 e. The summed E-state index contributed by atoms with van der Waals surface area (Å²) in [6.07, 6.45) is 1.39. The summed E-state index contributed by atoms with van der Waals surface area (Å²) in [4.78, 5) is 12.1. The SMILES string of the molecule is CCOC(Cn1ccc(=O)n2nc(-c3ccccc3)cc12)OCC. The van der Waals surface area contributed by atoms with E-state index in [-0.39, 0.29) is 11.8 Å². The van der Waals surface area contributed by atoms with Crippen LogP contribution in [0.15, 0.2) is 53.5 Å². The number of aromatic nitrogens is 3. The van der Waals surface area contributed by atoms with Gasteiger partial charge in [0.15, 0.2) is 6.29 Å². The average Bonchev–Trinajstić information content (AvgIpc) is 3.05. The molecule has 0 fully saturated rings. The molecular weight excluding hydrogens is 306 g/mol. The molecule has 0 unspecified atom stereocenters. The van der Waals surface area contributed by atoms with E-state index in [2.05, 4.69) is 5.10 Å². The van der Waals surface area contributed by atoms with E-state index in [0.29, 0.717) is 25.4 Å². The Morgan fingerprint density at radius 2 is 1.79 bits per heavy atom. The van der Waals surface area contributed by atoms with Gasteiger partial charge in [-0.15, -0.1) is 0 Å². The third-order valence-electron chi connectivity index (χ3n) is 3.71. The highest BCUT2D eigenvalue weighted by Crippen LogP contribution is 2.18. The Morgan fingerprint density at radius 1 is 1.08 bits per heavy atom. The Labute approximate surface area is 140 Å². The molecule has 0 aliphatic heterocycles. The zero-order valence-corrected chi connectivity index (χ0v) is 13.9. The molecule has 126 valence electrons. The van der Waals surface area contributed by atoms with Gasteiger partial charge in [0.25, 0.3) is 5.56 Å². The summed E-state index contributed by atoms with van der Waals surface area (Å²) in [5.74, 6) is 0. The summed E-state index contributed by atoms with van der Waals surface area (Å²) in [6, 6.07) is 13.2. The Bertz CT molecular complexity index is 849. The molecule has 6 heteroatoms. The number of hydrogen-bond acceptors (Lipinski definition) is 4. The Morgan fingerprint density at radius 3 is 2.46 bits per heavy atom. The smallest absolute Gasteiger partial charge is 0.274 e. The molecule has 2 aromatic heterocycles. The molecule has 0 spiro atoms. The van der Waals surface area contributed by atoms with E-state index in [1.165, 1.54) is 10.6 Å². The molecule has 0 bridgehead atoms. The minimum Gasteiger partial charge on any atom is -0.351 e. The number of fused-ring (bicyclic) bond motifs is 1. The van der Waals surface area contributed by atoms with E-state index < -0.39 is 0 Å². The minimum absolute atomic E-state index is 0.159. The van der Waals surface area contributed by atoms with Crippen LogP contribution in [0.4, 0.5) is 0 Å². The predicted molar refractivity (Wildman–Crippen MR) is 91.9 cm³/mol. The van der Waals surface area contributed by atoms with E-state index in [9.17, 15) is 4.79 Å². The van der Waals surface area contributed by atoms with Crippen LogP contribution in [-0.4, -0.2) is 33.7 Å². The van der Waals surface area contributed by atoms with E-state index in [1.54, 1.807) is 6.20 Å². The average molecular weight is 327 g/mol. The highest BCUT2D eigenvalue weighted by atomic mass is 16.7. The molecule has 0 atom stereocenters. The molecule has 0 aliphatic carbocycles. The lowest BCUT2D eigenvalue weighted by Crippen LogP contribution is -2.26. The monoisotopic (exact) mass is 327 g/mol. The quantitative estimate of drug-likeness (QED) is 0.626. The second-order valence-corrected chi connectivity index (χ2v) is 5.31. The standard InChI is InChI=1S/C18H21N3O3/c1-3-23-18(24-4-2)13-20-11-10-17(22)21-16(20)12-15(19-21)14-8-6-5-7-9-14/h5-12,18H,3-4,13H2,1-2H3. The van der Waals surface area contributed by atoms with Crippen LogP contribution in [0, 0.1) is 0 Å². The number of nitrogens with zero attached hydrogens (tertiary/aromatic N) is 3. The van der Waals surface area contributed by atoms with E-state index in [4.69, 9.17) is 9.47 Å². The molecule has 0 saturated carbocycles. The Balaban J connectivity index is 2.01. The zero-order chi connectivity index (χ0) is 16.9. The lowest BCUT2D eigenvalue weighted by Gasteiger charge is -2.18. The van der Waals surface area contributed by atoms with Gasteiger partial charge in [-0.25, -0.2) is 0 Å². The molecule has 0 saturated heterocycles. The molecule has 0 aliphatic rings. The maximum atomic E-state index is 12.1. The van der Waals surface area contributed by atoms with Gasteiger partial charge in [0.2, 0.25) is 0 Å². The van der Waals surface area contributed by atoms with Crippen LogP contribution < -0.4 is 5.56 Å². The summed E-state index contributed by atoms with van der Waals surface area (Å²) in [5, 5.41) is 4.44. The fourth-order valence-corrected chi connectivity index (χ4v) is 2.63. The molecule has 1 aromatic carbocycles. The van der Waals surface area contributed by atoms with Gasteiger partial charge in [0.05, 0.1) is 12.2 Å². The van der Waals surface area contributed by atoms with Crippen LogP contribution in [0.5, 0.6) is 0 Å². The molecule has 6 nitrogen and oxygen atoms in total.